The van der Waals surface area contributed by atoms with Crippen LogP contribution < -0.4 is 14.8 Å². The number of hydrogen-bond donors (Lipinski definition) is 1. The average Bonchev–Trinajstić information content (AvgIpc) is 2.77. The van der Waals surface area contributed by atoms with Crippen molar-refractivity contribution in [2.24, 2.45) is 0 Å². The molecule has 0 spiro atoms. The Bertz CT molecular complexity index is 978. The van der Waals surface area contributed by atoms with Gasteiger partial charge in [-0.25, -0.2) is 4.39 Å². The molecule has 0 saturated carbocycles. The number of nitrogens with one attached hydrogen (secondary N) is 1. The van der Waals surface area contributed by atoms with Gasteiger partial charge in [0.15, 0.2) is 11.5 Å². The average molecular weight is 462 g/mol. The molecule has 0 aliphatic rings. The van der Waals surface area contributed by atoms with Crippen LogP contribution in [0.15, 0.2) is 60.7 Å². The van der Waals surface area contributed by atoms with Crippen molar-refractivity contribution < 1.29 is 13.9 Å². The summed E-state index contributed by atoms with van der Waals surface area (Å²) in [4.78, 5) is 0. The molecule has 31 heavy (non-hydrogen) atoms. The van der Waals surface area contributed by atoms with Crippen molar-refractivity contribution in [1.82, 2.24) is 5.32 Å². The lowest BCUT2D eigenvalue weighted by Crippen LogP contribution is -2.26. The van der Waals surface area contributed by atoms with Gasteiger partial charge in [-0.15, -0.1) is 0 Å². The van der Waals surface area contributed by atoms with Gasteiger partial charge in [0.25, 0.3) is 0 Å². The lowest BCUT2D eigenvalue weighted by atomic mass is 10.1. The van der Waals surface area contributed by atoms with E-state index in [2.05, 4.69) is 36.5 Å². The largest absolute Gasteiger partial charge is 0.493 e. The number of halogens is 3. The van der Waals surface area contributed by atoms with Gasteiger partial charge < -0.3 is 14.8 Å². The Hall–Kier alpha value is -2.27. The topological polar surface area (TPSA) is 30.5 Å². The summed E-state index contributed by atoms with van der Waals surface area (Å²) in [6.07, 6.45) is 2.05. The minimum absolute atomic E-state index is 0.0459. The first-order chi connectivity index (χ1) is 15.0. The highest BCUT2D eigenvalue weighted by atomic mass is 35.5. The van der Waals surface area contributed by atoms with Crippen LogP contribution >= 0.6 is 23.2 Å². The van der Waals surface area contributed by atoms with E-state index >= 15 is 0 Å². The third-order valence-electron chi connectivity index (χ3n) is 5.08. The molecule has 0 radical (unpaired) electrons. The summed E-state index contributed by atoms with van der Waals surface area (Å²) in [6.45, 7) is 2.76. The second-order valence-electron chi connectivity index (χ2n) is 7.40. The van der Waals surface area contributed by atoms with Crippen LogP contribution in [0.2, 0.25) is 10.0 Å². The predicted octanol–water partition coefficient (Wildman–Crippen LogP) is 6.83. The minimum Gasteiger partial charge on any atom is -0.493 e. The Morgan fingerprint density at radius 1 is 0.968 bits per heavy atom. The van der Waals surface area contributed by atoms with Crippen LogP contribution in [0.5, 0.6) is 11.5 Å². The maximum Gasteiger partial charge on any atom is 0.180 e. The third-order valence-corrected chi connectivity index (χ3v) is 5.71. The quantitative estimate of drug-likeness (QED) is 0.358. The first kappa shape index (κ1) is 23.4. The summed E-state index contributed by atoms with van der Waals surface area (Å²) in [7, 11) is 1.55. The zero-order chi connectivity index (χ0) is 22.2. The van der Waals surface area contributed by atoms with Gasteiger partial charge in [-0.2, -0.15) is 0 Å². The zero-order valence-corrected chi connectivity index (χ0v) is 19.1. The Kier molecular flexibility index (Phi) is 8.59. The molecule has 3 nitrogen and oxygen atoms in total. The zero-order valence-electron chi connectivity index (χ0n) is 17.6. The number of hydrogen-bond acceptors (Lipinski definition) is 3. The van der Waals surface area contributed by atoms with Gasteiger partial charge in [-0.05, 0) is 55.2 Å². The fraction of sp³-hybridized carbons (Fsp3) is 0.280. The van der Waals surface area contributed by atoms with Crippen molar-refractivity contribution in [3.05, 3.63) is 93.2 Å². The number of methoxy groups -OCH3 is 1. The van der Waals surface area contributed by atoms with Crippen molar-refractivity contribution in [2.45, 2.75) is 39.0 Å². The van der Waals surface area contributed by atoms with Crippen molar-refractivity contribution in [3.8, 4) is 11.5 Å². The Labute approximate surface area is 193 Å². The molecule has 164 valence electrons. The summed E-state index contributed by atoms with van der Waals surface area (Å²) in [6, 6.07) is 19.0. The van der Waals surface area contributed by atoms with Gasteiger partial charge in [-0.1, -0.05) is 59.6 Å². The molecule has 1 unspecified atom stereocenters. The molecule has 0 aliphatic carbocycles. The normalized spacial score (nSPS) is 11.9. The van der Waals surface area contributed by atoms with E-state index in [0.29, 0.717) is 34.1 Å². The van der Waals surface area contributed by atoms with Crippen LogP contribution in [0.25, 0.3) is 0 Å². The third kappa shape index (κ3) is 6.60. The van der Waals surface area contributed by atoms with Crippen molar-refractivity contribution in [3.63, 3.8) is 0 Å². The second-order valence-corrected chi connectivity index (χ2v) is 8.22. The number of aryl methyl sites for hydroxylation is 1. The predicted molar refractivity (Wildman–Crippen MR) is 125 cm³/mol. The van der Waals surface area contributed by atoms with E-state index < -0.39 is 5.82 Å². The lowest BCUT2D eigenvalue weighted by Gasteiger charge is -2.17. The molecule has 6 heteroatoms. The molecular weight excluding hydrogens is 436 g/mol. The molecule has 0 amide bonds. The monoisotopic (exact) mass is 461 g/mol. The van der Waals surface area contributed by atoms with Crippen molar-refractivity contribution >= 4 is 23.2 Å². The highest BCUT2D eigenvalue weighted by Crippen LogP contribution is 2.37. The molecule has 3 rings (SSSR count). The number of benzene rings is 3. The fourth-order valence-corrected chi connectivity index (χ4v) is 3.76. The van der Waals surface area contributed by atoms with Crippen LogP contribution in [-0.4, -0.2) is 13.2 Å². The molecule has 0 aromatic heterocycles. The smallest absolute Gasteiger partial charge is 0.180 e. The van der Waals surface area contributed by atoms with E-state index in [9.17, 15) is 4.39 Å². The maximum atomic E-state index is 14.0. The summed E-state index contributed by atoms with van der Waals surface area (Å²) in [5.74, 6) is 0.436. The van der Waals surface area contributed by atoms with Crippen LogP contribution in [0.4, 0.5) is 4.39 Å². The van der Waals surface area contributed by atoms with Gasteiger partial charge in [0, 0.05) is 18.2 Å². The first-order valence-electron chi connectivity index (χ1n) is 10.2. The molecule has 0 bridgehead atoms. The fourth-order valence-electron chi connectivity index (χ4n) is 3.25. The van der Waals surface area contributed by atoms with Gasteiger partial charge in [-0.3, -0.25) is 0 Å². The van der Waals surface area contributed by atoms with E-state index in [1.54, 1.807) is 19.2 Å². The van der Waals surface area contributed by atoms with Gasteiger partial charge in [0.1, 0.15) is 12.4 Å². The van der Waals surface area contributed by atoms with Crippen LogP contribution in [0.3, 0.4) is 0 Å². The standard InChI is InChI=1S/C25H26Cl2FNO2/c1-17(11-12-18-7-4-3-5-8-18)29-15-19-13-22(27)25(24(14-19)30-2)31-16-20-21(26)9-6-10-23(20)28/h3-10,13-14,17,29H,11-12,15-16H2,1-2H3. The van der Waals surface area contributed by atoms with Gasteiger partial charge >= 0.3 is 0 Å². The van der Waals surface area contributed by atoms with E-state index in [4.69, 9.17) is 32.7 Å². The maximum absolute atomic E-state index is 14.0. The first-order valence-corrected chi connectivity index (χ1v) is 10.9. The molecule has 1 N–H and O–H groups in total. The van der Waals surface area contributed by atoms with Crippen LogP contribution in [0, 0.1) is 5.82 Å². The Balaban J connectivity index is 1.61. The Morgan fingerprint density at radius 3 is 2.45 bits per heavy atom. The summed E-state index contributed by atoms with van der Waals surface area (Å²) in [5.41, 5.74) is 2.59. The molecule has 0 aliphatic heterocycles. The molecular formula is C25H26Cl2FNO2. The Morgan fingerprint density at radius 2 is 1.74 bits per heavy atom. The molecule has 3 aromatic carbocycles. The lowest BCUT2D eigenvalue weighted by molar-refractivity contribution is 0.280. The number of ether oxygens (including phenoxy) is 2. The SMILES string of the molecule is COc1cc(CNC(C)CCc2ccccc2)cc(Cl)c1OCc1c(F)cccc1Cl. The van der Waals surface area contributed by atoms with Crippen LogP contribution in [-0.2, 0) is 19.6 Å². The summed E-state index contributed by atoms with van der Waals surface area (Å²) in [5, 5.41) is 4.23. The number of rotatable bonds is 10. The summed E-state index contributed by atoms with van der Waals surface area (Å²) >= 11 is 12.5. The summed E-state index contributed by atoms with van der Waals surface area (Å²) < 4.78 is 25.2. The molecule has 3 aromatic rings. The van der Waals surface area contributed by atoms with E-state index in [0.717, 1.165) is 18.4 Å². The van der Waals surface area contributed by atoms with E-state index in [-0.39, 0.29) is 12.2 Å². The highest BCUT2D eigenvalue weighted by Gasteiger charge is 2.15. The van der Waals surface area contributed by atoms with Gasteiger partial charge in [0.2, 0.25) is 0 Å². The van der Waals surface area contributed by atoms with Gasteiger partial charge in [0.05, 0.1) is 17.2 Å². The van der Waals surface area contributed by atoms with E-state index in [1.165, 1.54) is 11.6 Å². The molecule has 0 fully saturated rings. The second kappa shape index (κ2) is 11.4. The molecule has 1 atom stereocenters. The molecule has 0 saturated heterocycles. The van der Waals surface area contributed by atoms with E-state index in [1.807, 2.05) is 18.2 Å². The molecule has 0 heterocycles. The van der Waals surface area contributed by atoms with Crippen LogP contribution in [0.1, 0.15) is 30.0 Å². The highest BCUT2D eigenvalue weighted by molar-refractivity contribution is 6.32. The minimum atomic E-state index is -0.423. The van der Waals surface area contributed by atoms with Crippen molar-refractivity contribution in [2.75, 3.05) is 7.11 Å². The van der Waals surface area contributed by atoms with Crippen molar-refractivity contribution in [1.29, 1.82) is 0 Å².